The van der Waals surface area contributed by atoms with E-state index in [1.54, 1.807) is 13.8 Å². The summed E-state index contributed by atoms with van der Waals surface area (Å²) in [5.41, 5.74) is -1.46. The molecule has 5 rings (SSSR count). The van der Waals surface area contributed by atoms with Crippen LogP contribution >= 0.6 is 0 Å². The van der Waals surface area contributed by atoms with Crippen molar-refractivity contribution in [1.82, 2.24) is 0 Å². The molecule has 36 heavy (non-hydrogen) atoms. The van der Waals surface area contributed by atoms with Crippen LogP contribution in [0.15, 0.2) is 0 Å². The number of rotatable bonds is 3. The van der Waals surface area contributed by atoms with E-state index in [1.165, 1.54) is 6.42 Å². The molecule has 0 bridgehead atoms. The van der Waals surface area contributed by atoms with E-state index < -0.39 is 29.5 Å². The van der Waals surface area contributed by atoms with Crippen LogP contribution in [-0.2, 0) is 4.74 Å². The highest BCUT2D eigenvalue weighted by Gasteiger charge is 2.72. The van der Waals surface area contributed by atoms with Gasteiger partial charge in [0.05, 0.1) is 23.4 Å². The van der Waals surface area contributed by atoms with Gasteiger partial charge in [0.2, 0.25) is 0 Å². The minimum atomic E-state index is -1.11. The molecular weight excluding hydrogens is 452 g/mol. The summed E-state index contributed by atoms with van der Waals surface area (Å²) >= 11 is 0. The zero-order valence-electron chi connectivity index (χ0n) is 24.2. The maximum absolute atomic E-state index is 12.0. The molecule has 0 radical (unpaired) electrons. The fourth-order valence-corrected chi connectivity index (χ4v) is 11.5. The molecule has 0 aromatic heterocycles. The average Bonchev–Trinajstić information content (AvgIpc) is 3.32. The van der Waals surface area contributed by atoms with Crippen molar-refractivity contribution >= 4 is 0 Å². The molecule has 5 nitrogen and oxygen atoms in total. The maximum atomic E-state index is 12.0. The van der Waals surface area contributed by atoms with Crippen molar-refractivity contribution in [2.45, 2.75) is 136 Å². The highest BCUT2D eigenvalue weighted by molar-refractivity contribution is 5.20. The van der Waals surface area contributed by atoms with Crippen LogP contribution in [0.5, 0.6) is 0 Å². The first-order chi connectivity index (χ1) is 16.5. The van der Waals surface area contributed by atoms with Crippen molar-refractivity contribution in [3.63, 3.8) is 0 Å². The summed E-state index contributed by atoms with van der Waals surface area (Å²) < 4.78 is 6.54. The molecule has 0 aromatic rings. The number of hydrogen-bond donors (Lipinski definition) is 4. The molecule has 0 spiro atoms. The lowest BCUT2D eigenvalue weighted by atomic mass is 9.34. The molecule has 5 heteroatoms. The number of hydrogen-bond acceptors (Lipinski definition) is 5. The summed E-state index contributed by atoms with van der Waals surface area (Å²) in [4.78, 5) is 0. The van der Waals surface area contributed by atoms with Gasteiger partial charge in [0.15, 0.2) is 0 Å². The molecular formula is C31H54O5. The molecule has 0 aromatic carbocycles. The van der Waals surface area contributed by atoms with Gasteiger partial charge in [0.1, 0.15) is 6.10 Å². The van der Waals surface area contributed by atoms with Gasteiger partial charge in [-0.25, -0.2) is 0 Å². The summed E-state index contributed by atoms with van der Waals surface area (Å²) in [6.07, 6.45) is 6.35. The first-order valence-corrected chi connectivity index (χ1v) is 14.9. The normalized spacial score (nSPS) is 59.3. The Balaban J connectivity index is 1.49. The predicted octanol–water partition coefficient (Wildman–Crippen LogP) is 4.93. The van der Waals surface area contributed by atoms with Gasteiger partial charge in [-0.3, -0.25) is 0 Å². The van der Waals surface area contributed by atoms with Crippen molar-refractivity contribution in [3.05, 3.63) is 0 Å². The zero-order chi connectivity index (χ0) is 26.7. The van der Waals surface area contributed by atoms with Crippen molar-refractivity contribution < 1.29 is 25.2 Å². The Bertz CT molecular complexity index is 870. The van der Waals surface area contributed by atoms with Gasteiger partial charge in [-0.2, -0.15) is 0 Å². The van der Waals surface area contributed by atoms with Crippen molar-refractivity contribution in [1.29, 1.82) is 0 Å². The quantitative estimate of drug-likeness (QED) is 0.436. The molecule has 13 unspecified atom stereocenters. The van der Waals surface area contributed by atoms with E-state index in [0.717, 1.165) is 38.5 Å². The average molecular weight is 507 g/mol. The Morgan fingerprint density at radius 2 is 1.50 bits per heavy atom. The van der Waals surface area contributed by atoms with E-state index in [2.05, 4.69) is 41.5 Å². The Morgan fingerprint density at radius 3 is 2.08 bits per heavy atom. The summed E-state index contributed by atoms with van der Waals surface area (Å²) in [5.74, 6) is 1.73. The second kappa shape index (κ2) is 8.16. The van der Waals surface area contributed by atoms with Gasteiger partial charge in [0, 0.05) is 13.0 Å². The van der Waals surface area contributed by atoms with Crippen LogP contribution in [0.4, 0.5) is 0 Å². The zero-order valence-corrected chi connectivity index (χ0v) is 24.2. The third kappa shape index (κ3) is 3.37. The molecule has 1 saturated heterocycles. The molecule has 5 fully saturated rings. The molecule has 0 amide bonds. The molecule has 4 N–H and O–H groups in total. The second-order valence-corrected chi connectivity index (χ2v) is 15.8. The first-order valence-electron chi connectivity index (χ1n) is 14.9. The van der Waals surface area contributed by atoms with Crippen molar-refractivity contribution in [2.24, 2.45) is 51.2 Å². The Kier molecular flexibility index (Phi) is 6.20. The van der Waals surface area contributed by atoms with E-state index in [9.17, 15) is 20.4 Å². The van der Waals surface area contributed by atoms with Crippen molar-refractivity contribution in [3.8, 4) is 0 Å². The second-order valence-electron chi connectivity index (χ2n) is 15.8. The molecule has 5 aliphatic rings. The van der Waals surface area contributed by atoms with Crippen LogP contribution < -0.4 is 0 Å². The molecule has 1 heterocycles. The summed E-state index contributed by atoms with van der Waals surface area (Å²) in [6, 6.07) is 0. The lowest BCUT2D eigenvalue weighted by Gasteiger charge is -2.71. The van der Waals surface area contributed by atoms with E-state index >= 15 is 0 Å². The minimum Gasteiger partial charge on any atom is -0.396 e. The van der Waals surface area contributed by atoms with E-state index in [4.69, 9.17) is 4.74 Å². The van der Waals surface area contributed by atoms with Crippen LogP contribution in [0.25, 0.3) is 0 Å². The molecule has 4 saturated carbocycles. The number of fused-ring (bicyclic) bond motifs is 5. The molecule has 13 atom stereocenters. The molecule has 4 aliphatic carbocycles. The predicted molar refractivity (Wildman–Crippen MR) is 141 cm³/mol. The summed E-state index contributed by atoms with van der Waals surface area (Å²) in [7, 11) is 0. The van der Waals surface area contributed by atoms with Gasteiger partial charge in [-0.15, -0.1) is 0 Å². The number of ether oxygens (including phenoxy) is 1. The standard InChI is InChI=1S/C31H54O5/c1-18-9-12-27(4)22(28(18,5)17-32)11-14-29(6)23(27)15-20(33)24-19(10-13-30(24,29)7)31(8)16-21(34)25(36-31)26(2,3)35/h18-25,32-35H,9-17H2,1-8H3. The van der Waals surface area contributed by atoms with Crippen LogP contribution in [0, 0.1) is 51.2 Å². The fourth-order valence-electron chi connectivity index (χ4n) is 11.5. The van der Waals surface area contributed by atoms with Gasteiger partial charge in [-0.1, -0.05) is 34.6 Å². The van der Waals surface area contributed by atoms with Gasteiger partial charge >= 0.3 is 0 Å². The Hall–Kier alpha value is -0.200. The van der Waals surface area contributed by atoms with Crippen molar-refractivity contribution in [2.75, 3.05) is 6.61 Å². The van der Waals surface area contributed by atoms with Crippen LogP contribution in [0.1, 0.15) is 107 Å². The van der Waals surface area contributed by atoms with Gasteiger partial charge in [0.25, 0.3) is 0 Å². The van der Waals surface area contributed by atoms with E-state index in [0.29, 0.717) is 24.2 Å². The summed E-state index contributed by atoms with van der Waals surface area (Å²) in [5, 5.41) is 44.1. The lowest BCUT2D eigenvalue weighted by molar-refractivity contribution is -0.248. The molecule has 1 aliphatic heterocycles. The smallest absolute Gasteiger partial charge is 0.112 e. The summed E-state index contributed by atoms with van der Waals surface area (Å²) in [6.45, 7) is 17.9. The fraction of sp³-hybridized carbons (Fsp3) is 1.00. The largest absolute Gasteiger partial charge is 0.396 e. The Labute approximate surface area is 219 Å². The SMILES string of the molecule is CC1CCC2(C)C(CCC3(C)C2CC(O)C2C(C4(C)CC(O)C(C(C)(C)O)O4)CCC23C)C1(C)CO. The lowest BCUT2D eigenvalue weighted by Crippen LogP contribution is -2.66. The van der Waals surface area contributed by atoms with Gasteiger partial charge in [-0.05, 0) is 117 Å². The van der Waals surface area contributed by atoms with Crippen LogP contribution in [0.3, 0.4) is 0 Å². The topological polar surface area (TPSA) is 90.2 Å². The first kappa shape index (κ1) is 27.4. The highest BCUT2D eigenvalue weighted by atomic mass is 16.5. The third-order valence-corrected chi connectivity index (χ3v) is 13.9. The highest BCUT2D eigenvalue weighted by Crippen LogP contribution is 2.76. The minimum absolute atomic E-state index is 0.00317. The monoisotopic (exact) mass is 506 g/mol. The molecule has 208 valence electrons. The number of aliphatic hydroxyl groups is 4. The third-order valence-electron chi connectivity index (χ3n) is 13.9. The van der Waals surface area contributed by atoms with Crippen LogP contribution in [-0.4, -0.2) is 56.5 Å². The van der Waals surface area contributed by atoms with E-state index in [1.807, 2.05) is 0 Å². The van der Waals surface area contributed by atoms with E-state index in [-0.39, 0.29) is 40.1 Å². The Morgan fingerprint density at radius 1 is 0.861 bits per heavy atom. The van der Waals surface area contributed by atoms with Crippen LogP contribution in [0.2, 0.25) is 0 Å². The number of aliphatic hydroxyl groups excluding tert-OH is 3. The van der Waals surface area contributed by atoms with Gasteiger partial charge < -0.3 is 25.2 Å². The maximum Gasteiger partial charge on any atom is 0.112 e.